The van der Waals surface area contributed by atoms with Gasteiger partial charge in [0.15, 0.2) is 5.82 Å². The summed E-state index contributed by atoms with van der Waals surface area (Å²) in [6.45, 7) is 4.06. The number of carbonyl (C=O) groups excluding carboxylic acids is 1. The lowest BCUT2D eigenvalue weighted by Crippen LogP contribution is -2.45. The molecule has 0 spiro atoms. The first-order valence-corrected chi connectivity index (χ1v) is 7.48. The van der Waals surface area contributed by atoms with Crippen LogP contribution in [0.1, 0.15) is 36.5 Å². The van der Waals surface area contributed by atoms with Crippen LogP contribution in [0.15, 0.2) is 18.2 Å². The normalized spacial score (nSPS) is 18.9. The number of nitrogens with one attached hydrogen (secondary N) is 1. The fourth-order valence-corrected chi connectivity index (χ4v) is 2.72. The van der Waals surface area contributed by atoms with Crippen molar-refractivity contribution in [2.75, 3.05) is 19.6 Å². The molecule has 0 radical (unpaired) electrons. The van der Waals surface area contributed by atoms with E-state index in [0.717, 1.165) is 13.0 Å². The molecule has 1 aliphatic heterocycles. The minimum atomic E-state index is -0.630. The molecule has 0 bridgehead atoms. The van der Waals surface area contributed by atoms with Crippen molar-refractivity contribution in [1.29, 1.82) is 0 Å². The largest absolute Gasteiger partial charge is 0.337 e. The summed E-state index contributed by atoms with van der Waals surface area (Å²) < 4.78 is 13.9. The van der Waals surface area contributed by atoms with Gasteiger partial charge in [0.25, 0.3) is 5.91 Å². The third kappa shape index (κ3) is 3.49. The highest BCUT2D eigenvalue weighted by molar-refractivity contribution is 6.31. The van der Waals surface area contributed by atoms with E-state index in [2.05, 4.69) is 5.32 Å². The van der Waals surface area contributed by atoms with Crippen molar-refractivity contribution in [3.63, 3.8) is 0 Å². The van der Waals surface area contributed by atoms with Crippen LogP contribution in [-0.4, -0.2) is 36.5 Å². The Morgan fingerprint density at radius 3 is 2.95 bits per heavy atom. The minimum Gasteiger partial charge on any atom is -0.337 e. The van der Waals surface area contributed by atoms with Gasteiger partial charge >= 0.3 is 0 Å². The van der Waals surface area contributed by atoms with Crippen molar-refractivity contribution in [2.24, 2.45) is 0 Å². The van der Waals surface area contributed by atoms with Crippen LogP contribution >= 0.6 is 11.6 Å². The van der Waals surface area contributed by atoms with Crippen LogP contribution in [0.4, 0.5) is 4.39 Å². The van der Waals surface area contributed by atoms with Crippen molar-refractivity contribution in [2.45, 2.75) is 32.2 Å². The molecular weight excluding hydrogens is 279 g/mol. The highest BCUT2D eigenvalue weighted by Gasteiger charge is 2.23. The summed E-state index contributed by atoms with van der Waals surface area (Å²) in [5, 5.41) is 3.39. The molecule has 1 N–H and O–H groups in total. The standard InChI is InChI=1S/C15H20ClFN2O/c1-2-19(10-11-6-3-4-9-18-11)15(20)12-7-5-8-13(16)14(12)17/h5,7-8,11,18H,2-4,6,9-10H2,1H3. The van der Waals surface area contributed by atoms with E-state index in [1.165, 1.54) is 25.0 Å². The van der Waals surface area contributed by atoms with Gasteiger partial charge in [-0.15, -0.1) is 0 Å². The molecule has 0 saturated carbocycles. The SMILES string of the molecule is CCN(CC1CCCCN1)C(=O)c1cccc(Cl)c1F. The highest BCUT2D eigenvalue weighted by Crippen LogP contribution is 2.20. The molecule has 1 heterocycles. The number of nitrogens with zero attached hydrogens (tertiary/aromatic N) is 1. The first-order chi connectivity index (χ1) is 9.63. The van der Waals surface area contributed by atoms with E-state index in [4.69, 9.17) is 11.6 Å². The molecule has 2 rings (SSSR count). The van der Waals surface area contributed by atoms with E-state index in [-0.39, 0.29) is 16.5 Å². The Bertz CT molecular complexity index is 475. The summed E-state index contributed by atoms with van der Waals surface area (Å²) >= 11 is 5.74. The topological polar surface area (TPSA) is 32.3 Å². The van der Waals surface area contributed by atoms with Gasteiger partial charge in [-0.1, -0.05) is 24.1 Å². The Morgan fingerprint density at radius 2 is 2.30 bits per heavy atom. The Labute approximate surface area is 124 Å². The molecule has 1 aromatic rings. The number of piperidine rings is 1. The molecule has 1 saturated heterocycles. The number of amides is 1. The maximum Gasteiger partial charge on any atom is 0.256 e. The Morgan fingerprint density at radius 1 is 1.50 bits per heavy atom. The molecule has 110 valence electrons. The first kappa shape index (κ1) is 15.3. The lowest BCUT2D eigenvalue weighted by Gasteiger charge is -2.30. The summed E-state index contributed by atoms with van der Waals surface area (Å²) in [7, 11) is 0. The maximum atomic E-state index is 13.9. The van der Waals surface area contributed by atoms with Crippen LogP contribution in [-0.2, 0) is 0 Å². The number of hydrogen-bond donors (Lipinski definition) is 1. The van der Waals surface area contributed by atoms with Crippen LogP contribution in [0.2, 0.25) is 5.02 Å². The predicted octanol–water partition coefficient (Wildman–Crippen LogP) is 3.08. The zero-order valence-electron chi connectivity index (χ0n) is 11.7. The summed E-state index contributed by atoms with van der Waals surface area (Å²) in [5.74, 6) is -0.922. The molecule has 3 nitrogen and oxygen atoms in total. The molecule has 0 aromatic heterocycles. The predicted molar refractivity (Wildman–Crippen MR) is 78.6 cm³/mol. The monoisotopic (exact) mass is 298 g/mol. The second-order valence-corrected chi connectivity index (χ2v) is 5.50. The van der Waals surface area contributed by atoms with Gasteiger partial charge in [-0.3, -0.25) is 4.79 Å². The first-order valence-electron chi connectivity index (χ1n) is 7.10. The van der Waals surface area contributed by atoms with Crippen molar-refractivity contribution >= 4 is 17.5 Å². The van der Waals surface area contributed by atoms with Crippen LogP contribution in [0.5, 0.6) is 0 Å². The lowest BCUT2D eigenvalue weighted by molar-refractivity contribution is 0.0737. The number of hydrogen-bond acceptors (Lipinski definition) is 2. The quantitative estimate of drug-likeness (QED) is 0.926. The zero-order chi connectivity index (χ0) is 14.5. The molecule has 1 fully saturated rings. The fourth-order valence-electron chi connectivity index (χ4n) is 2.54. The molecule has 20 heavy (non-hydrogen) atoms. The zero-order valence-corrected chi connectivity index (χ0v) is 12.4. The summed E-state index contributed by atoms with van der Waals surface area (Å²) in [6, 6.07) is 4.84. The fraction of sp³-hybridized carbons (Fsp3) is 0.533. The van der Waals surface area contributed by atoms with Crippen LogP contribution in [0, 0.1) is 5.82 Å². The smallest absolute Gasteiger partial charge is 0.256 e. The highest BCUT2D eigenvalue weighted by atomic mass is 35.5. The Balaban J connectivity index is 2.10. The average molecular weight is 299 g/mol. The molecule has 1 unspecified atom stereocenters. The third-order valence-electron chi connectivity index (χ3n) is 3.70. The van der Waals surface area contributed by atoms with Crippen molar-refractivity contribution in [1.82, 2.24) is 10.2 Å². The second kappa shape index (κ2) is 7.04. The Kier molecular flexibility index (Phi) is 5.38. The number of halogens is 2. The van der Waals surface area contributed by atoms with Crippen molar-refractivity contribution < 1.29 is 9.18 Å². The number of carbonyl (C=O) groups is 1. The van der Waals surface area contributed by atoms with Crippen LogP contribution < -0.4 is 5.32 Å². The van der Waals surface area contributed by atoms with Crippen molar-refractivity contribution in [3.05, 3.63) is 34.6 Å². The van der Waals surface area contributed by atoms with E-state index < -0.39 is 5.82 Å². The number of benzene rings is 1. The summed E-state index contributed by atoms with van der Waals surface area (Å²) in [4.78, 5) is 14.1. The van der Waals surface area contributed by atoms with Gasteiger partial charge in [0.2, 0.25) is 0 Å². The molecule has 0 aliphatic carbocycles. The molecule has 5 heteroatoms. The van der Waals surface area contributed by atoms with Gasteiger partial charge < -0.3 is 10.2 Å². The van der Waals surface area contributed by atoms with E-state index in [1.807, 2.05) is 6.92 Å². The molecule has 1 atom stereocenters. The maximum absolute atomic E-state index is 13.9. The minimum absolute atomic E-state index is 0.0114. The molecule has 1 amide bonds. The third-order valence-corrected chi connectivity index (χ3v) is 4.00. The van der Waals surface area contributed by atoms with Gasteiger partial charge in [-0.05, 0) is 38.4 Å². The van der Waals surface area contributed by atoms with Crippen LogP contribution in [0.25, 0.3) is 0 Å². The van der Waals surface area contributed by atoms with E-state index in [9.17, 15) is 9.18 Å². The van der Waals surface area contributed by atoms with E-state index in [0.29, 0.717) is 19.1 Å². The summed E-state index contributed by atoms with van der Waals surface area (Å²) in [5.41, 5.74) is 0.0511. The van der Waals surface area contributed by atoms with Gasteiger partial charge in [-0.2, -0.15) is 0 Å². The summed E-state index contributed by atoms with van der Waals surface area (Å²) in [6.07, 6.45) is 3.41. The molecular formula is C15H20ClFN2O. The van der Waals surface area contributed by atoms with Gasteiger partial charge in [0, 0.05) is 19.1 Å². The number of likely N-dealkylation sites (N-methyl/N-ethyl adjacent to an activating group) is 1. The van der Waals surface area contributed by atoms with Gasteiger partial charge in [-0.25, -0.2) is 4.39 Å². The lowest BCUT2D eigenvalue weighted by atomic mass is 10.0. The average Bonchev–Trinajstić information content (AvgIpc) is 2.48. The van der Waals surface area contributed by atoms with E-state index >= 15 is 0 Å². The van der Waals surface area contributed by atoms with Crippen molar-refractivity contribution in [3.8, 4) is 0 Å². The molecule has 1 aliphatic rings. The van der Waals surface area contributed by atoms with Gasteiger partial charge in [0.1, 0.15) is 0 Å². The second-order valence-electron chi connectivity index (χ2n) is 5.09. The van der Waals surface area contributed by atoms with Gasteiger partial charge in [0.05, 0.1) is 10.6 Å². The number of rotatable bonds is 4. The molecule has 1 aromatic carbocycles. The van der Waals surface area contributed by atoms with E-state index in [1.54, 1.807) is 11.0 Å². The Hall–Kier alpha value is -1.13. The van der Waals surface area contributed by atoms with Crippen LogP contribution in [0.3, 0.4) is 0 Å².